The van der Waals surface area contributed by atoms with E-state index in [0.29, 0.717) is 25.7 Å². The van der Waals surface area contributed by atoms with E-state index in [1.807, 2.05) is 0 Å². The van der Waals surface area contributed by atoms with Gasteiger partial charge in [0.25, 0.3) is 6.43 Å². The molecule has 1 N–H and O–H groups in total. The number of halogens is 2. The molecule has 1 aliphatic rings. The number of nitrogens with zero attached hydrogens (tertiary/aromatic N) is 1. The summed E-state index contributed by atoms with van der Waals surface area (Å²) in [5, 5.41) is 3.34. The summed E-state index contributed by atoms with van der Waals surface area (Å²) in [6, 6.07) is 0.317. The Morgan fingerprint density at radius 3 is 2.85 bits per heavy atom. The highest BCUT2D eigenvalue weighted by Gasteiger charge is 2.21. The van der Waals surface area contributed by atoms with E-state index in [4.69, 9.17) is 9.47 Å². The van der Waals surface area contributed by atoms with Gasteiger partial charge in [-0.05, 0) is 19.4 Å². The summed E-state index contributed by atoms with van der Waals surface area (Å²) >= 11 is 0. The first-order chi connectivity index (χ1) is 9.63. The third kappa shape index (κ3) is 7.12. The molecule has 20 heavy (non-hydrogen) atoms. The molecule has 1 atom stereocenters. The van der Waals surface area contributed by atoms with Crippen molar-refractivity contribution in [2.24, 2.45) is 0 Å². The van der Waals surface area contributed by atoms with Crippen molar-refractivity contribution in [1.82, 2.24) is 10.2 Å². The van der Waals surface area contributed by atoms with Gasteiger partial charge in [-0.1, -0.05) is 0 Å². The van der Waals surface area contributed by atoms with Gasteiger partial charge in [-0.3, -0.25) is 4.79 Å². The molecular formula is C13H24F2N2O3. The Kier molecular flexibility index (Phi) is 8.64. The maximum absolute atomic E-state index is 12.1. The molecule has 0 aromatic carbocycles. The second-order valence-electron chi connectivity index (χ2n) is 4.84. The van der Waals surface area contributed by atoms with E-state index in [1.165, 1.54) is 0 Å². The van der Waals surface area contributed by atoms with Crippen LogP contribution < -0.4 is 5.32 Å². The zero-order valence-corrected chi connectivity index (χ0v) is 11.9. The summed E-state index contributed by atoms with van der Waals surface area (Å²) in [4.78, 5) is 13.8. The standard InChI is InChI=1S/C13H24F2N2O3/c1-19-8-6-17(9-11-3-2-5-16-11)13(18)4-7-20-10-12(14)15/h11-12,16H,2-10H2,1H3. The van der Waals surface area contributed by atoms with Crippen LogP contribution in [-0.2, 0) is 14.3 Å². The molecule has 1 heterocycles. The lowest BCUT2D eigenvalue weighted by molar-refractivity contribution is -0.133. The normalized spacial score (nSPS) is 18.7. The predicted octanol–water partition coefficient (Wildman–Crippen LogP) is 0.885. The van der Waals surface area contributed by atoms with Crippen molar-refractivity contribution in [3.63, 3.8) is 0 Å². The van der Waals surface area contributed by atoms with E-state index in [0.717, 1.165) is 19.4 Å². The summed E-state index contributed by atoms with van der Waals surface area (Å²) in [7, 11) is 1.59. The number of hydrogen-bond acceptors (Lipinski definition) is 4. The number of methoxy groups -OCH3 is 1. The second kappa shape index (κ2) is 10.0. The second-order valence-corrected chi connectivity index (χ2v) is 4.84. The van der Waals surface area contributed by atoms with Gasteiger partial charge in [-0.25, -0.2) is 8.78 Å². The fourth-order valence-corrected chi connectivity index (χ4v) is 2.19. The minimum absolute atomic E-state index is 0.0325. The minimum Gasteiger partial charge on any atom is -0.383 e. The van der Waals surface area contributed by atoms with Gasteiger partial charge in [0.1, 0.15) is 6.61 Å². The SMILES string of the molecule is COCCN(CC1CCCN1)C(=O)CCOCC(F)F. The molecule has 0 aliphatic carbocycles. The average Bonchev–Trinajstić information content (AvgIpc) is 2.92. The van der Waals surface area contributed by atoms with Crippen molar-refractivity contribution < 1.29 is 23.0 Å². The third-order valence-corrected chi connectivity index (χ3v) is 3.23. The number of carbonyl (C=O) groups excluding carboxylic acids is 1. The molecule has 118 valence electrons. The molecule has 1 amide bonds. The lowest BCUT2D eigenvalue weighted by atomic mass is 10.2. The van der Waals surface area contributed by atoms with Gasteiger partial charge in [-0.2, -0.15) is 0 Å². The molecule has 1 fully saturated rings. The van der Waals surface area contributed by atoms with Crippen molar-refractivity contribution in [3.05, 3.63) is 0 Å². The van der Waals surface area contributed by atoms with Crippen LogP contribution in [0.25, 0.3) is 0 Å². The number of nitrogens with one attached hydrogen (secondary N) is 1. The van der Waals surface area contributed by atoms with Crippen LogP contribution in [0.4, 0.5) is 8.78 Å². The summed E-state index contributed by atoms with van der Waals surface area (Å²) < 4.78 is 33.6. The van der Waals surface area contributed by atoms with Gasteiger partial charge in [0.2, 0.25) is 5.91 Å². The van der Waals surface area contributed by atoms with Crippen molar-refractivity contribution >= 4 is 5.91 Å². The largest absolute Gasteiger partial charge is 0.383 e. The molecule has 5 nitrogen and oxygen atoms in total. The van der Waals surface area contributed by atoms with E-state index in [9.17, 15) is 13.6 Å². The van der Waals surface area contributed by atoms with Gasteiger partial charge < -0.3 is 19.7 Å². The molecule has 7 heteroatoms. The maximum atomic E-state index is 12.1. The third-order valence-electron chi connectivity index (χ3n) is 3.23. The molecule has 1 aliphatic heterocycles. The lowest BCUT2D eigenvalue weighted by Crippen LogP contribution is -2.43. The van der Waals surface area contributed by atoms with Crippen LogP contribution in [-0.4, -0.2) is 69.8 Å². The van der Waals surface area contributed by atoms with Crippen molar-refractivity contribution in [2.45, 2.75) is 31.7 Å². The molecule has 0 spiro atoms. The van der Waals surface area contributed by atoms with Crippen molar-refractivity contribution in [3.8, 4) is 0 Å². The highest BCUT2D eigenvalue weighted by atomic mass is 19.3. The highest BCUT2D eigenvalue weighted by Crippen LogP contribution is 2.08. The van der Waals surface area contributed by atoms with E-state index < -0.39 is 13.0 Å². The van der Waals surface area contributed by atoms with Gasteiger partial charge in [0.05, 0.1) is 19.6 Å². The van der Waals surface area contributed by atoms with Gasteiger partial charge in [-0.15, -0.1) is 0 Å². The van der Waals surface area contributed by atoms with Crippen LogP contribution in [0, 0.1) is 0 Å². The van der Waals surface area contributed by atoms with E-state index >= 15 is 0 Å². The molecule has 0 bridgehead atoms. The number of alkyl halides is 2. The first-order valence-corrected chi connectivity index (χ1v) is 6.99. The van der Waals surface area contributed by atoms with Crippen LogP contribution in [0.15, 0.2) is 0 Å². The Morgan fingerprint density at radius 1 is 1.45 bits per heavy atom. The van der Waals surface area contributed by atoms with Crippen molar-refractivity contribution in [2.75, 3.05) is 46.6 Å². The zero-order valence-electron chi connectivity index (χ0n) is 11.9. The van der Waals surface area contributed by atoms with Gasteiger partial charge in [0, 0.05) is 26.2 Å². The number of hydrogen-bond donors (Lipinski definition) is 1. The van der Waals surface area contributed by atoms with Gasteiger partial charge >= 0.3 is 0 Å². The van der Waals surface area contributed by atoms with Crippen LogP contribution in [0.1, 0.15) is 19.3 Å². The van der Waals surface area contributed by atoms with Gasteiger partial charge in [0.15, 0.2) is 0 Å². The predicted molar refractivity (Wildman–Crippen MR) is 70.9 cm³/mol. The zero-order chi connectivity index (χ0) is 14.8. The smallest absolute Gasteiger partial charge is 0.261 e. The number of carbonyl (C=O) groups is 1. The number of rotatable bonds is 10. The molecule has 1 saturated heterocycles. The average molecular weight is 294 g/mol. The quantitative estimate of drug-likeness (QED) is 0.608. The van der Waals surface area contributed by atoms with E-state index in [-0.39, 0.29) is 18.9 Å². The van der Waals surface area contributed by atoms with E-state index in [2.05, 4.69) is 5.32 Å². The molecule has 0 aromatic rings. The molecule has 0 aromatic heterocycles. The van der Waals surface area contributed by atoms with Crippen LogP contribution in [0.5, 0.6) is 0 Å². The summed E-state index contributed by atoms with van der Waals surface area (Å²) in [6.07, 6.45) is -0.187. The lowest BCUT2D eigenvalue weighted by Gasteiger charge is -2.25. The van der Waals surface area contributed by atoms with Crippen LogP contribution in [0.2, 0.25) is 0 Å². The monoisotopic (exact) mass is 294 g/mol. The molecule has 1 unspecified atom stereocenters. The summed E-state index contributed by atoms with van der Waals surface area (Å²) in [6.45, 7) is 2.02. The Morgan fingerprint density at radius 2 is 2.25 bits per heavy atom. The first-order valence-electron chi connectivity index (χ1n) is 6.99. The minimum atomic E-state index is -2.49. The first kappa shape index (κ1) is 17.3. The number of amides is 1. The summed E-state index contributed by atoms with van der Waals surface area (Å²) in [5.74, 6) is -0.0787. The Labute approximate surface area is 118 Å². The van der Waals surface area contributed by atoms with Crippen LogP contribution >= 0.6 is 0 Å². The molecular weight excluding hydrogens is 270 g/mol. The van der Waals surface area contributed by atoms with Crippen molar-refractivity contribution in [1.29, 1.82) is 0 Å². The Balaban J connectivity index is 2.30. The fraction of sp³-hybridized carbons (Fsp3) is 0.923. The molecule has 0 radical (unpaired) electrons. The Bertz CT molecular complexity index is 274. The maximum Gasteiger partial charge on any atom is 0.261 e. The molecule has 1 rings (SSSR count). The fourth-order valence-electron chi connectivity index (χ4n) is 2.19. The molecule has 0 saturated carbocycles. The topological polar surface area (TPSA) is 50.8 Å². The van der Waals surface area contributed by atoms with Crippen LogP contribution in [0.3, 0.4) is 0 Å². The highest BCUT2D eigenvalue weighted by molar-refractivity contribution is 5.76. The van der Waals surface area contributed by atoms with E-state index in [1.54, 1.807) is 12.0 Å². The summed E-state index contributed by atoms with van der Waals surface area (Å²) in [5.41, 5.74) is 0. The Hall–Kier alpha value is -0.790. The number of ether oxygens (including phenoxy) is 2.